The normalized spacial score (nSPS) is 8.82. The number of thioether (sulfide) groups is 1. The number of hydrogen-bond donors (Lipinski definition) is 1. The van der Waals surface area contributed by atoms with Gasteiger partial charge in [-0.2, -0.15) is 5.10 Å². The lowest BCUT2D eigenvalue weighted by Gasteiger charge is -1.89. The maximum atomic E-state index is 3.96. The summed E-state index contributed by atoms with van der Waals surface area (Å²) in [6.07, 6.45) is 2.41. The first-order valence-corrected chi connectivity index (χ1v) is 4.30. The molecule has 0 saturated carbocycles. The van der Waals surface area contributed by atoms with Gasteiger partial charge >= 0.3 is 0 Å². The van der Waals surface area contributed by atoms with Crippen LogP contribution in [-0.4, -0.2) is 20.9 Å². The van der Waals surface area contributed by atoms with E-state index in [2.05, 4.69) is 27.0 Å². The van der Waals surface area contributed by atoms with Gasteiger partial charge < -0.3 is 0 Å². The highest BCUT2D eigenvalue weighted by molar-refractivity contribution is 7.99. The van der Waals surface area contributed by atoms with Crippen LogP contribution >= 0.6 is 11.8 Å². The maximum Gasteiger partial charge on any atom is 0.183 e. The van der Waals surface area contributed by atoms with E-state index in [0.29, 0.717) is 0 Å². The fraction of sp³-hybridized carbons (Fsp3) is 0.429. The minimum Gasteiger partial charge on any atom is -0.254 e. The average Bonchev–Trinajstić information content (AvgIpc) is 2.50. The lowest BCUT2D eigenvalue weighted by Crippen LogP contribution is -1.78. The predicted molar refractivity (Wildman–Crippen MR) is 45.2 cm³/mol. The van der Waals surface area contributed by atoms with E-state index in [1.165, 1.54) is 6.33 Å². The van der Waals surface area contributed by atoms with Gasteiger partial charge in [-0.1, -0.05) is 11.8 Å². The van der Waals surface area contributed by atoms with Crippen LogP contribution in [0.5, 0.6) is 0 Å². The van der Waals surface area contributed by atoms with E-state index in [9.17, 15) is 0 Å². The van der Waals surface area contributed by atoms with E-state index in [1.807, 2.05) is 6.92 Å². The molecule has 0 aromatic carbocycles. The molecule has 11 heavy (non-hydrogen) atoms. The molecule has 1 aromatic heterocycles. The zero-order valence-corrected chi connectivity index (χ0v) is 7.11. The van der Waals surface area contributed by atoms with Crippen molar-refractivity contribution in [1.29, 1.82) is 0 Å². The molecule has 0 aliphatic carbocycles. The van der Waals surface area contributed by atoms with Crippen molar-refractivity contribution < 1.29 is 0 Å². The summed E-state index contributed by atoms with van der Waals surface area (Å²) in [5.74, 6) is 6.78. The van der Waals surface area contributed by atoms with Gasteiger partial charge in [0.05, 0.1) is 0 Å². The molecule has 1 N–H and O–H groups in total. The van der Waals surface area contributed by atoms with Gasteiger partial charge in [-0.25, -0.2) is 4.98 Å². The van der Waals surface area contributed by atoms with Crippen molar-refractivity contribution in [3.63, 3.8) is 0 Å². The van der Waals surface area contributed by atoms with E-state index < -0.39 is 0 Å². The predicted octanol–water partition coefficient (Wildman–Crippen LogP) is 1.31. The molecular formula is C7H9N3S. The molecule has 58 valence electrons. The standard InChI is InChI=1S/C7H9N3S/c1-2-3-4-5-11-7-8-6-9-10-7/h6H,4-5H2,1H3,(H,8,9,10). The molecule has 0 aliphatic heterocycles. The van der Waals surface area contributed by atoms with Crippen molar-refractivity contribution >= 4 is 11.8 Å². The fourth-order valence-electron chi connectivity index (χ4n) is 0.588. The Morgan fingerprint density at radius 3 is 3.27 bits per heavy atom. The average molecular weight is 167 g/mol. The van der Waals surface area contributed by atoms with Gasteiger partial charge in [0.25, 0.3) is 0 Å². The lowest BCUT2D eigenvalue weighted by molar-refractivity contribution is 0.972. The van der Waals surface area contributed by atoms with E-state index >= 15 is 0 Å². The number of nitrogens with zero attached hydrogens (tertiary/aromatic N) is 2. The third-order valence-corrected chi connectivity index (χ3v) is 1.91. The number of aromatic amines is 1. The van der Waals surface area contributed by atoms with Crippen molar-refractivity contribution in [3.05, 3.63) is 6.33 Å². The molecule has 0 aliphatic rings. The molecule has 0 atom stereocenters. The SMILES string of the molecule is CC#CCCSc1ncn[nH]1. The molecule has 1 heterocycles. The summed E-state index contributed by atoms with van der Waals surface area (Å²) in [6.45, 7) is 1.85. The Labute approximate surface area is 70.0 Å². The van der Waals surface area contributed by atoms with Crippen LogP contribution in [0.4, 0.5) is 0 Å². The second-order valence-electron chi connectivity index (χ2n) is 1.82. The molecule has 1 aromatic rings. The Balaban J connectivity index is 2.17. The molecule has 0 saturated heterocycles. The molecule has 0 bridgehead atoms. The van der Waals surface area contributed by atoms with E-state index in [4.69, 9.17) is 0 Å². The van der Waals surface area contributed by atoms with Gasteiger partial charge in [0.1, 0.15) is 6.33 Å². The molecule has 3 nitrogen and oxygen atoms in total. The van der Waals surface area contributed by atoms with Crippen LogP contribution in [0.2, 0.25) is 0 Å². The molecule has 0 amide bonds. The van der Waals surface area contributed by atoms with Gasteiger partial charge in [-0.05, 0) is 6.92 Å². The molecule has 1 rings (SSSR count). The highest BCUT2D eigenvalue weighted by atomic mass is 32.2. The van der Waals surface area contributed by atoms with Crippen LogP contribution in [0.15, 0.2) is 11.5 Å². The van der Waals surface area contributed by atoms with Crippen LogP contribution in [0.1, 0.15) is 13.3 Å². The Hall–Kier alpha value is -0.950. The smallest absolute Gasteiger partial charge is 0.183 e. The third-order valence-electron chi connectivity index (χ3n) is 1.04. The monoisotopic (exact) mass is 167 g/mol. The topological polar surface area (TPSA) is 41.6 Å². The fourth-order valence-corrected chi connectivity index (χ4v) is 1.22. The summed E-state index contributed by atoms with van der Waals surface area (Å²) in [6, 6.07) is 0. The van der Waals surface area contributed by atoms with Crippen LogP contribution in [0, 0.1) is 11.8 Å². The summed E-state index contributed by atoms with van der Waals surface area (Å²) in [4.78, 5) is 3.96. The summed E-state index contributed by atoms with van der Waals surface area (Å²) < 4.78 is 0. The van der Waals surface area contributed by atoms with Crippen LogP contribution in [0.25, 0.3) is 0 Å². The third kappa shape index (κ3) is 3.10. The quantitative estimate of drug-likeness (QED) is 0.419. The summed E-state index contributed by atoms with van der Waals surface area (Å²) in [7, 11) is 0. The van der Waals surface area contributed by atoms with E-state index in [-0.39, 0.29) is 0 Å². The van der Waals surface area contributed by atoms with Gasteiger partial charge in [-0.15, -0.1) is 11.8 Å². The molecular weight excluding hydrogens is 158 g/mol. The molecule has 0 fully saturated rings. The van der Waals surface area contributed by atoms with Gasteiger partial charge in [0.15, 0.2) is 5.16 Å². The second kappa shape index (κ2) is 4.80. The lowest BCUT2D eigenvalue weighted by atomic mass is 10.5. The van der Waals surface area contributed by atoms with Crippen molar-refractivity contribution in [2.45, 2.75) is 18.5 Å². The summed E-state index contributed by atoms with van der Waals surface area (Å²) in [5, 5.41) is 7.36. The molecule has 0 unspecified atom stereocenters. The number of rotatable bonds is 3. The Morgan fingerprint density at radius 1 is 1.73 bits per heavy atom. The number of aromatic nitrogens is 3. The number of hydrogen-bond acceptors (Lipinski definition) is 3. The second-order valence-corrected chi connectivity index (χ2v) is 2.90. The minimum absolute atomic E-state index is 0.864. The van der Waals surface area contributed by atoms with E-state index in [1.54, 1.807) is 11.8 Å². The highest BCUT2D eigenvalue weighted by Gasteiger charge is 1.92. The summed E-state index contributed by atoms with van der Waals surface area (Å²) in [5.41, 5.74) is 0. The van der Waals surface area contributed by atoms with Crippen LogP contribution in [0.3, 0.4) is 0 Å². The highest BCUT2D eigenvalue weighted by Crippen LogP contribution is 2.10. The van der Waals surface area contributed by atoms with Gasteiger partial charge in [0.2, 0.25) is 0 Å². The zero-order chi connectivity index (χ0) is 7.94. The molecule has 4 heteroatoms. The van der Waals surface area contributed by atoms with Gasteiger partial charge in [0, 0.05) is 12.2 Å². The Bertz CT molecular complexity index is 244. The number of H-pyrrole nitrogens is 1. The first-order chi connectivity index (χ1) is 5.43. The van der Waals surface area contributed by atoms with Gasteiger partial charge in [-0.3, -0.25) is 5.10 Å². The van der Waals surface area contributed by atoms with E-state index in [0.717, 1.165) is 17.3 Å². The van der Waals surface area contributed by atoms with Crippen molar-refractivity contribution in [3.8, 4) is 11.8 Å². The first kappa shape index (κ1) is 8.15. The van der Waals surface area contributed by atoms with Crippen molar-refractivity contribution in [2.75, 3.05) is 5.75 Å². The first-order valence-electron chi connectivity index (χ1n) is 3.31. The minimum atomic E-state index is 0.864. The molecule has 0 spiro atoms. The summed E-state index contributed by atoms with van der Waals surface area (Å²) >= 11 is 1.64. The van der Waals surface area contributed by atoms with Crippen LogP contribution in [-0.2, 0) is 0 Å². The molecule has 0 radical (unpaired) electrons. The van der Waals surface area contributed by atoms with Crippen LogP contribution < -0.4 is 0 Å². The maximum absolute atomic E-state index is 3.96. The Morgan fingerprint density at radius 2 is 2.64 bits per heavy atom. The largest absolute Gasteiger partial charge is 0.254 e. The van der Waals surface area contributed by atoms with Crippen molar-refractivity contribution in [1.82, 2.24) is 15.2 Å². The Kier molecular flexibility index (Phi) is 3.56. The van der Waals surface area contributed by atoms with Crippen molar-refractivity contribution in [2.24, 2.45) is 0 Å². The number of nitrogens with one attached hydrogen (secondary N) is 1. The zero-order valence-electron chi connectivity index (χ0n) is 6.29.